The molecule has 0 atom stereocenters. The molecule has 25 heavy (non-hydrogen) atoms. The minimum absolute atomic E-state index is 0. The molecule has 4 rings (SSSR count). The van der Waals surface area contributed by atoms with Crippen molar-refractivity contribution in [1.82, 2.24) is 19.7 Å². The first kappa shape index (κ1) is 17.1. The molecule has 3 aromatic heterocycles. The number of rotatable bonds is 2. The smallest absolute Gasteiger partial charge is 0.343 e. The molecule has 0 aliphatic carbocycles. The molecule has 0 aromatic carbocycles. The predicted molar refractivity (Wildman–Crippen MR) is 97.7 cm³/mol. The Labute approximate surface area is 153 Å². The summed E-state index contributed by atoms with van der Waals surface area (Å²) in [5.74, 6) is 6.75. The minimum atomic E-state index is -0.220. The van der Waals surface area contributed by atoms with Crippen LogP contribution in [-0.2, 0) is 6.54 Å². The van der Waals surface area contributed by atoms with Crippen molar-refractivity contribution in [3.63, 3.8) is 0 Å². The number of halogens is 1. The van der Waals surface area contributed by atoms with Crippen molar-refractivity contribution >= 4 is 29.4 Å². The van der Waals surface area contributed by atoms with E-state index in [1.165, 1.54) is 10.9 Å². The average molecular weight is 376 g/mol. The molecule has 0 saturated heterocycles. The predicted octanol–water partition coefficient (Wildman–Crippen LogP) is 1.70. The fraction of sp³-hybridized carbons (Fsp3) is 0.188. The van der Waals surface area contributed by atoms with Gasteiger partial charge in [-0.1, -0.05) is 0 Å². The van der Waals surface area contributed by atoms with Gasteiger partial charge in [-0.25, -0.2) is 14.9 Å². The van der Waals surface area contributed by atoms with Crippen molar-refractivity contribution in [2.75, 3.05) is 18.5 Å². The number of nitrogens with one attached hydrogen (secondary N) is 2. The van der Waals surface area contributed by atoms with Crippen molar-refractivity contribution in [1.29, 1.82) is 0 Å². The van der Waals surface area contributed by atoms with Crippen molar-refractivity contribution in [3.8, 4) is 17.7 Å². The molecule has 0 amide bonds. The number of aromatic amines is 1. The Morgan fingerprint density at radius 1 is 1.28 bits per heavy atom. The monoisotopic (exact) mass is 375 g/mol. The standard InChI is InChI=1S/C16H13N5O2S.ClH/c22-16-20-18-10-21(16)9-13-5-4-12(24-13)3-1-11-2-6-14-15(19-11)23-8-7-17-14;/h2,4-6,10,17H,7-9H2,(H,20,22);1H. The van der Waals surface area contributed by atoms with Crippen molar-refractivity contribution in [2.24, 2.45) is 0 Å². The molecule has 0 radical (unpaired) electrons. The largest absolute Gasteiger partial charge is 0.474 e. The molecule has 0 saturated carbocycles. The zero-order chi connectivity index (χ0) is 16.4. The van der Waals surface area contributed by atoms with Gasteiger partial charge < -0.3 is 10.1 Å². The average Bonchev–Trinajstić information content (AvgIpc) is 3.22. The van der Waals surface area contributed by atoms with Crippen LogP contribution in [0.5, 0.6) is 5.88 Å². The molecule has 1 aliphatic heterocycles. The number of H-pyrrole nitrogens is 1. The van der Waals surface area contributed by atoms with E-state index in [-0.39, 0.29) is 18.1 Å². The maximum Gasteiger partial charge on any atom is 0.343 e. The van der Waals surface area contributed by atoms with E-state index in [1.54, 1.807) is 11.3 Å². The van der Waals surface area contributed by atoms with Gasteiger partial charge in [-0.05, 0) is 36.1 Å². The number of hydrogen-bond acceptors (Lipinski definition) is 6. The molecular formula is C16H14ClN5O2S. The molecule has 1 aliphatic rings. The summed E-state index contributed by atoms with van der Waals surface area (Å²) in [5.41, 5.74) is 1.34. The summed E-state index contributed by atoms with van der Waals surface area (Å²) < 4.78 is 7.02. The molecular weight excluding hydrogens is 362 g/mol. The highest BCUT2D eigenvalue weighted by atomic mass is 35.5. The van der Waals surface area contributed by atoms with Crippen LogP contribution in [0, 0.1) is 11.8 Å². The van der Waals surface area contributed by atoms with Crippen molar-refractivity contribution < 1.29 is 4.74 Å². The molecule has 2 N–H and O–H groups in total. The van der Waals surface area contributed by atoms with Gasteiger partial charge in [-0.3, -0.25) is 4.57 Å². The summed E-state index contributed by atoms with van der Waals surface area (Å²) >= 11 is 1.54. The molecule has 3 aromatic rings. The number of thiophene rings is 1. The highest BCUT2D eigenvalue weighted by Crippen LogP contribution is 2.24. The Balaban J connectivity index is 0.00000182. The van der Waals surface area contributed by atoms with E-state index in [1.807, 2.05) is 24.3 Å². The molecule has 0 bridgehead atoms. The molecule has 9 heteroatoms. The Morgan fingerprint density at radius 2 is 2.20 bits per heavy atom. The van der Waals surface area contributed by atoms with Gasteiger partial charge in [0.15, 0.2) is 0 Å². The maximum absolute atomic E-state index is 11.5. The Kier molecular flexibility index (Phi) is 5.07. The van der Waals surface area contributed by atoms with Gasteiger partial charge in [0.05, 0.1) is 17.1 Å². The van der Waals surface area contributed by atoms with Crippen LogP contribution in [-0.4, -0.2) is 32.9 Å². The quantitative estimate of drug-likeness (QED) is 0.666. The van der Waals surface area contributed by atoms with Crippen LogP contribution in [0.3, 0.4) is 0 Å². The van der Waals surface area contributed by atoms with Crippen LogP contribution in [0.4, 0.5) is 5.69 Å². The maximum atomic E-state index is 11.5. The van der Waals surface area contributed by atoms with Crippen LogP contribution in [0.15, 0.2) is 35.4 Å². The van der Waals surface area contributed by atoms with Gasteiger partial charge in [0, 0.05) is 11.4 Å². The number of anilines is 1. The normalized spacial score (nSPS) is 12.0. The highest BCUT2D eigenvalue weighted by molar-refractivity contribution is 7.12. The molecule has 0 spiro atoms. The number of ether oxygens (including phenoxy) is 1. The van der Waals surface area contributed by atoms with Crippen LogP contribution in [0.2, 0.25) is 0 Å². The van der Waals surface area contributed by atoms with Gasteiger partial charge in [0.1, 0.15) is 18.6 Å². The van der Waals surface area contributed by atoms with Gasteiger partial charge in [-0.2, -0.15) is 5.10 Å². The number of nitrogens with zero attached hydrogens (tertiary/aromatic N) is 3. The van der Waals surface area contributed by atoms with Gasteiger partial charge in [-0.15, -0.1) is 23.7 Å². The van der Waals surface area contributed by atoms with E-state index in [2.05, 4.69) is 32.3 Å². The summed E-state index contributed by atoms with van der Waals surface area (Å²) in [6, 6.07) is 7.69. The minimum Gasteiger partial charge on any atom is -0.474 e. The van der Waals surface area contributed by atoms with Crippen LogP contribution in [0.25, 0.3) is 0 Å². The van der Waals surface area contributed by atoms with Gasteiger partial charge in [0.25, 0.3) is 0 Å². The lowest BCUT2D eigenvalue weighted by Gasteiger charge is -2.17. The fourth-order valence-electron chi connectivity index (χ4n) is 2.29. The van der Waals surface area contributed by atoms with Crippen molar-refractivity contribution in [3.05, 3.63) is 56.5 Å². The molecule has 0 fully saturated rings. The lowest BCUT2D eigenvalue weighted by atomic mass is 10.3. The lowest BCUT2D eigenvalue weighted by molar-refractivity contribution is 0.310. The third kappa shape index (κ3) is 3.84. The molecule has 0 unspecified atom stereocenters. The highest BCUT2D eigenvalue weighted by Gasteiger charge is 2.10. The molecule has 7 nitrogen and oxygen atoms in total. The summed E-state index contributed by atoms with van der Waals surface area (Å²) in [6.07, 6.45) is 1.48. The second kappa shape index (κ2) is 7.42. The van der Waals surface area contributed by atoms with E-state index in [0.29, 0.717) is 24.7 Å². The number of hydrogen-bond donors (Lipinski definition) is 2. The van der Waals surface area contributed by atoms with Crippen LogP contribution < -0.4 is 15.7 Å². The third-order valence-electron chi connectivity index (χ3n) is 3.44. The van der Waals surface area contributed by atoms with Crippen molar-refractivity contribution in [2.45, 2.75) is 6.54 Å². The molecule has 4 heterocycles. The van der Waals surface area contributed by atoms with E-state index in [0.717, 1.165) is 22.0 Å². The number of aromatic nitrogens is 4. The first-order valence-corrected chi connectivity index (χ1v) is 8.18. The second-order valence-electron chi connectivity index (χ2n) is 5.13. The topological polar surface area (TPSA) is 84.8 Å². The zero-order valence-electron chi connectivity index (χ0n) is 13.0. The summed E-state index contributed by atoms with van der Waals surface area (Å²) in [5, 5.41) is 9.31. The zero-order valence-corrected chi connectivity index (χ0v) is 14.6. The van der Waals surface area contributed by atoms with E-state index < -0.39 is 0 Å². The first-order chi connectivity index (χ1) is 11.8. The Hall–Kier alpha value is -2.76. The summed E-state index contributed by atoms with van der Waals surface area (Å²) in [7, 11) is 0. The van der Waals surface area contributed by atoms with Crippen LogP contribution in [0.1, 0.15) is 15.4 Å². The first-order valence-electron chi connectivity index (χ1n) is 7.36. The fourth-order valence-corrected chi connectivity index (χ4v) is 3.16. The van der Waals surface area contributed by atoms with Gasteiger partial charge in [0.2, 0.25) is 5.88 Å². The number of pyridine rings is 1. The summed E-state index contributed by atoms with van der Waals surface area (Å²) in [6.45, 7) is 1.88. The Morgan fingerprint density at radius 3 is 3.04 bits per heavy atom. The number of fused-ring (bicyclic) bond motifs is 1. The lowest BCUT2D eigenvalue weighted by Crippen LogP contribution is -2.18. The Bertz CT molecular complexity index is 998. The SMILES string of the molecule is Cl.O=c1[nH]ncn1Cc1ccc(C#Cc2ccc3c(n2)OCCN3)s1. The molecule has 128 valence electrons. The van der Waals surface area contributed by atoms with Gasteiger partial charge >= 0.3 is 5.69 Å². The second-order valence-corrected chi connectivity index (χ2v) is 6.30. The van der Waals surface area contributed by atoms with E-state index >= 15 is 0 Å². The van der Waals surface area contributed by atoms with E-state index in [9.17, 15) is 4.79 Å². The van der Waals surface area contributed by atoms with Crippen LogP contribution >= 0.6 is 23.7 Å². The third-order valence-corrected chi connectivity index (χ3v) is 4.42. The van der Waals surface area contributed by atoms with E-state index in [4.69, 9.17) is 4.74 Å². The summed E-state index contributed by atoms with van der Waals surface area (Å²) in [4.78, 5) is 17.8.